The average molecular weight is 564 g/mol. The summed E-state index contributed by atoms with van der Waals surface area (Å²) in [5, 5.41) is 3.61. The van der Waals surface area contributed by atoms with Gasteiger partial charge in [0.1, 0.15) is 0 Å². The van der Waals surface area contributed by atoms with Crippen LogP contribution in [0, 0.1) is 17.8 Å². The minimum atomic E-state index is -3.67. The maximum Gasteiger partial charge on any atom is 0.252 e. The van der Waals surface area contributed by atoms with Crippen molar-refractivity contribution in [3.63, 3.8) is 0 Å². The van der Waals surface area contributed by atoms with Crippen molar-refractivity contribution in [2.45, 2.75) is 51.3 Å². The third-order valence-corrected chi connectivity index (χ3v) is 10.1. The molecule has 1 N–H and O–H groups in total. The highest BCUT2D eigenvalue weighted by atomic mass is 32.2. The fourth-order valence-corrected chi connectivity index (χ4v) is 7.64. The topological polar surface area (TPSA) is 95.5 Å². The summed E-state index contributed by atoms with van der Waals surface area (Å²) in [5.41, 5.74) is 2.21. The summed E-state index contributed by atoms with van der Waals surface area (Å²) in [6.07, 6.45) is 5.53. The first-order valence-corrected chi connectivity index (χ1v) is 16.0. The van der Waals surface area contributed by atoms with E-state index < -0.39 is 10.0 Å². The number of nitrogens with zero attached hydrogens (tertiary/aromatic N) is 4. The van der Waals surface area contributed by atoms with E-state index in [-0.39, 0.29) is 10.8 Å². The monoisotopic (exact) mass is 563 g/mol. The molecular formula is C31H41N5O3S. The van der Waals surface area contributed by atoms with Crippen molar-refractivity contribution in [2.75, 3.05) is 39.3 Å². The highest BCUT2D eigenvalue weighted by Gasteiger charge is 2.29. The number of hydrogen-bond donors (Lipinski definition) is 1. The number of amides is 1. The Balaban J connectivity index is 1.40. The van der Waals surface area contributed by atoms with Crippen LogP contribution in [0.4, 0.5) is 0 Å². The molecule has 0 bridgehead atoms. The maximum absolute atomic E-state index is 13.6. The van der Waals surface area contributed by atoms with Crippen LogP contribution in [0.3, 0.4) is 0 Å². The summed E-state index contributed by atoms with van der Waals surface area (Å²) in [6.45, 7) is 11.5. The van der Waals surface area contributed by atoms with E-state index in [2.05, 4.69) is 36.0 Å². The molecule has 8 nitrogen and oxygen atoms in total. The molecule has 0 radical (unpaired) electrons. The summed E-state index contributed by atoms with van der Waals surface area (Å²) in [6, 6.07) is 12.2. The molecule has 3 aromatic rings. The van der Waals surface area contributed by atoms with Crippen molar-refractivity contribution in [3.8, 4) is 11.4 Å². The summed E-state index contributed by atoms with van der Waals surface area (Å²) in [5.74, 6) is 1.69. The highest BCUT2D eigenvalue weighted by molar-refractivity contribution is 7.89. The van der Waals surface area contributed by atoms with Gasteiger partial charge in [-0.15, -0.1) is 0 Å². The van der Waals surface area contributed by atoms with Gasteiger partial charge in [0.2, 0.25) is 10.0 Å². The Hall–Kier alpha value is -2.88. The van der Waals surface area contributed by atoms with E-state index in [1.54, 1.807) is 34.8 Å². The minimum absolute atomic E-state index is 0.198. The van der Waals surface area contributed by atoms with Crippen molar-refractivity contribution in [1.29, 1.82) is 0 Å². The van der Waals surface area contributed by atoms with Crippen LogP contribution in [0.5, 0.6) is 0 Å². The number of likely N-dealkylation sites (tertiary alicyclic amines) is 1. The molecule has 0 aliphatic carbocycles. The molecular weight excluding hydrogens is 522 g/mol. The average Bonchev–Trinajstić information content (AvgIpc) is 2.94. The lowest BCUT2D eigenvalue weighted by atomic mass is 9.92. The smallest absolute Gasteiger partial charge is 0.252 e. The molecule has 1 aromatic carbocycles. The van der Waals surface area contributed by atoms with Crippen molar-refractivity contribution >= 4 is 26.8 Å². The van der Waals surface area contributed by atoms with Gasteiger partial charge in [0.25, 0.3) is 5.91 Å². The van der Waals surface area contributed by atoms with Gasteiger partial charge in [-0.3, -0.25) is 9.78 Å². The van der Waals surface area contributed by atoms with E-state index in [1.165, 1.54) is 6.42 Å². The standard InChI is InChI=1S/C31H41N5O3S/c1-22-10-15-36(16-11-22)40(38,39)25-8-9-28-26(18-25)27(19-30(34-28)29-7-4-5-12-32-29)31(37)33-13-6-14-35-20-23(2)17-24(3)21-35/h4-5,7-9,12,18-19,22-24H,6,10-11,13-17,20-21H2,1-3H3,(H,33,37)/t23-,24+. The van der Waals surface area contributed by atoms with Crippen molar-refractivity contribution < 1.29 is 13.2 Å². The van der Waals surface area contributed by atoms with E-state index in [0.29, 0.717) is 65.2 Å². The third kappa shape index (κ3) is 6.53. The van der Waals surface area contributed by atoms with E-state index >= 15 is 0 Å². The second-order valence-electron chi connectivity index (χ2n) is 11.9. The van der Waals surface area contributed by atoms with Crippen LogP contribution in [0.1, 0.15) is 56.8 Å². The zero-order chi connectivity index (χ0) is 28.3. The molecule has 2 aromatic heterocycles. The first-order valence-electron chi connectivity index (χ1n) is 14.6. The third-order valence-electron chi connectivity index (χ3n) is 8.21. The zero-order valence-electron chi connectivity index (χ0n) is 23.8. The van der Waals surface area contributed by atoms with E-state index in [4.69, 9.17) is 4.98 Å². The lowest BCUT2D eigenvalue weighted by molar-refractivity contribution is 0.0949. The fourth-order valence-electron chi connectivity index (χ4n) is 6.15. The molecule has 0 saturated carbocycles. The molecule has 0 unspecified atom stereocenters. The van der Waals surface area contributed by atoms with Gasteiger partial charge in [-0.25, -0.2) is 13.4 Å². The van der Waals surface area contributed by atoms with Gasteiger partial charge in [-0.05, 0) is 86.4 Å². The quantitative estimate of drug-likeness (QED) is 0.395. The van der Waals surface area contributed by atoms with Gasteiger partial charge < -0.3 is 10.2 Å². The van der Waals surface area contributed by atoms with Crippen LogP contribution in [0.2, 0.25) is 0 Å². The number of carbonyl (C=O) groups is 1. The van der Waals surface area contributed by atoms with Crippen LogP contribution in [-0.4, -0.2) is 72.8 Å². The SMILES string of the molecule is CC1CCN(S(=O)(=O)c2ccc3nc(-c4ccccn4)cc(C(=O)NCCCN4C[C@H](C)C[C@H](C)C4)c3c2)CC1. The predicted molar refractivity (Wildman–Crippen MR) is 158 cm³/mol. The second kappa shape index (κ2) is 12.3. The number of pyridine rings is 2. The minimum Gasteiger partial charge on any atom is -0.352 e. The highest BCUT2D eigenvalue weighted by Crippen LogP contribution is 2.29. The zero-order valence-corrected chi connectivity index (χ0v) is 24.7. The Bertz CT molecular complexity index is 1430. The van der Waals surface area contributed by atoms with Crippen LogP contribution in [0.25, 0.3) is 22.3 Å². The van der Waals surface area contributed by atoms with Crippen molar-refractivity contribution in [3.05, 3.63) is 54.2 Å². The Morgan fingerprint density at radius 2 is 1.73 bits per heavy atom. The molecule has 5 rings (SSSR count). The lowest BCUT2D eigenvalue weighted by Crippen LogP contribution is -2.40. The van der Waals surface area contributed by atoms with Crippen molar-refractivity contribution in [1.82, 2.24) is 24.5 Å². The molecule has 2 aliphatic rings. The van der Waals surface area contributed by atoms with Crippen LogP contribution in [0.15, 0.2) is 53.6 Å². The number of fused-ring (bicyclic) bond motifs is 1. The first kappa shape index (κ1) is 28.6. The first-order chi connectivity index (χ1) is 19.2. The summed E-state index contributed by atoms with van der Waals surface area (Å²) < 4.78 is 28.6. The Morgan fingerprint density at radius 3 is 2.42 bits per heavy atom. The molecule has 0 spiro atoms. The molecule has 2 fully saturated rings. The number of aromatic nitrogens is 2. The molecule has 4 heterocycles. The van der Waals surface area contributed by atoms with Gasteiger partial charge in [0.15, 0.2) is 0 Å². The molecule has 214 valence electrons. The molecule has 2 atom stereocenters. The molecule has 1 amide bonds. The largest absolute Gasteiger partial charge is 0.352 e. The van der Waals surface area contributed by atoms with Gasteiger partial charge in [0, 0.05) is 44.3 Å². The fraction of sp³-hybridized carbons (Fsp3) is 0.516. The number of rotatable bonds is 8. The van der Waals surface area contributed by atoms with E-state index in [1.807, 2.05) is 18.2 Å². The molecule has 40 heavy (non-hydrogen) atoms. The Labute approximate surface area is 238 Å². The normalized spacial score (nSPS) is 21.5. The van der Waals surface area contributed by atoms with Crippen LogP contribution < -0.4 is 5.32 Å². The maximum atomic E-state index is 13.6. The summed E-state index contributed by atoms with van der Waals surface area (Å²) >= 11 is 0. The molecule has 9 heteroatoms. The second-order valence-corrected chi connectivity index (χ2v) is 13.8. The van der Waals surface area contributed by atoms with Crippen LogP contribution in [-0.2, 0) is 10.0 Å². The molecule has 2 saturated heterocycles. The Kier molecular flexibility index (Phi) is 8.83. The van der Waals surface area contributed by atoms with Gasteiger partial charge in [-0.2, -0.15) is 4.31 Å². The number of carbonyl (C=O) groups excluding carboxylic acids is 1. The van der Waals surface area contributed by atoms with E-state index in [9.17, 15) is 13.2 Å². The predicted octanol–water partition coefficient (Wildman–Crippen LogP) is 4.82. The lowest BCUT2D eigenvalue weighted by Gasteiger charge is -2.34. The summed E-state index contributed by atoms with van der Waals surface area (Å²) in [4.78, 5) is 25.4. The van der Waals surface area contributed by atoms with Gasteiger partial charge in [-0.1, -0.05) is 26.8 Å². The number of nitrogens with one attached hydrogen (secondary N) is 1. The number of hydrogen-bond acceptors (Lipinski definition) is 6. The van der Waals surface area contributed by atoms with Crippen LogP contribution >= 0.6 is 0 Å². The summed E-state index contributed by atoms with van der Waals surface area (Å²) in [7, 11) is -3.67. The molecule has 2 aliphatic heterocycles. The van der Waals surface area contributed by atoms with E-state index in [0.717, 1.165) is 38.9 Å². The Morgan fingerprint density at radius 1 is 0.975 bits per heavy atom. The van der Waals surface area contributed by atoms with Gasteiger partial charge >= 0.3 is 0 Å². The number of benzene rings is 1. The number of piperidine rings is 2. The van der Waals surface area contributed by atoms with Crippen molar-refractivity contribution in [2.24, 2.45) is 17.8 Å². The van der Waals surface area contributed by atoms with Gasteiger partial charge in [0.05, 0.1) is 27.4 Å². The number of sulfonamides is 1.